The SMILES string of the molecule is Cc1cc(C(=O)COc2ccc(C(=O)c3ccccc3)cc2)c(C)n1CC(F)(F)F. The number of rotatable bonds is 7. The van der Waals surface area contributed by atoms with Crippen molar-refractivity contribution in [1.82, 2.24) is 4.57 Å². The molecule has 0 saturated heterocycles. The van der Waals surface area contributed by atoms with Crippen LogP contribution in [0.1, 0.15) is 37.7 Å². The lowest BCUT2D eigenvalue weighted by atomic mass is 10.0. The van der Waals surface area contributed by atoms with Crippen molar-refractivity contribution < 1.29 is 27.5 Å². The molecule has 0 bridgehead atoms. The highest BCUT2D eigenvalue weighted by Gasteiger charge is 2.30. The molecule has 0 amide bonds. The Balaban J connectivity index is 1.65. The van der Waals surface area contributed by atoms with Crippen molar-refractivity contribution in [2.75, 3.05) is 6.61 Å². The molecular weight excluding hydrogens is 395 g/mol. The van der Waals surface area contributed by atoms with Crippen molar-refractivity contribution in [2.45, 2.75) is 26.6 Å². The second-order valence-electron chi connectivity index (χ2n) is 6.92. The highest BCUT2D eigenvalue weighted by Crippen LogP contribution is 2.24. The van der Waals surface area contributed by atoms with E-state index >= 15 is 0 Å². The summed E-state index contributed by atoms with van der Waals surface area (Å²) < 4.78 is 44.7. The van der Waals surface area contributed by atoms with Gasteiger partial charge in [-0.05, 0) is 44.2 Å². The smallest absolute Gasteiger partial charge is 0.406 e. The standard InChI is InChI=1S/C23H20F3NO3/c1-15-12-20(16(2)27(15)14-23(24,25)26)21(28)13-30-19-10-8-18(9-11-19)22(29)17-6-4-3-5-7-17/h3-12H,13-14H2,1-2H3. The predicted molar refractivity (Wildman–Crippen MR) is 106 cm³/mol. The number of hydrogen-bond acceptors (Lipinski definition) is 3. The molecule has 0 aliphatic rings. The molecule has 0 atom stereocenters. The van der Waals surface area contributed by atoms with Gasteiger partial charge in [0.15, 0.2) is 12.4 Å². The summed E-state index contributed by atoms with van der Waals surface area (Å²) in [7, 11) is 0. The fraction of sp³-hybridized carbons (Fsp3) is 0.217. The highest BCUT2D eigenvalue weighted by atomic mass is 19.4. The van der Waals surface area contributed by atoms with Crippen molar-refractivity contribution in [3.8, 4) is 5.75 Å². The number of ketones is 2. The van der Waals surface area contributed by atoms with E-state index in [4.69, 9.17) is 4.74 Å². The van der Waals surface area contributed by atoms with Gasteiger partial charge in [-0.1, -0.05) is 30.3 Å². The third kappa shape index (κ3) is 4.97. The molecule has 0 aliphatic carbocycles. The average Bonchev–Trinajstić information content (AvgIpc) is 2.99. The molecule has 156 valence electrons. The van der Waals surface area contributed by atoms with E-state index in [0.29, 0.717) is 22.6 Å². The van der Waals surface area contributed by atoms with Gasteiger partial charge in [0.05, 0.1) is 0 Å². The first-order valence-corrected chi connectivity index (χ1v) is 9.25. The summed E-state index contributed by atoms with van der Waals surface area (Å²) in [4.78, 5) is 24.9. The molecule has 2 aromatic carbocycles. The largest absolute Gasteiger partial charge is 0.485 e. The van der Waals surface area contributed by atoms with Gasteiger partial charge >= 0.3 is 6.18 Å². The normalized spacial score (nSPS) is 11.4. The van der Waals surface area contributed by atoms with Crippen LogP contribution in [-0.4, -0.2) is 28.9 Å². The second kappa shape index (κ2) is 8.57. The van der Waals surface area contributed by atoms with E-state index in [0.717, 1.165) is 4.57 Å². The Morgan fingerprint density at radius 2 is 1.53 bits per heavy atom. The van der Waals surface area contributed by atoms with Crippen LogP contribution >= 0.6 is 0 Å². The number of ether oxygens (including phenoxy) is 1. The Hall–Kier alpha value is -3.35. The zero-order chi connectivity index (χ0) is 21.9. The Morgan fingerprint density at radius 3 is 2.13 bits per heavy atom. The molecule has 3 rings (SSSR count). The fourth-order valence-corrected chi connectivity index (χ4v) is 3.19. The monoisotopic (exact) mass is 415 g/mol. The molecule has 1 heterocycles. The van der Waals surface area contributed by atoms with E-state index in [1.807, 2.05) is 6.07 Å². The number of halogens is 3. The Morgan fingerprint density at radius 1 is 0.933 bits per heavy atom. The maximum atomic E-state index is 12.7. The number of nitrogens with zero attached hydrogens (tertiary/aromatic N) is 1. The summed E-state index contributed by atoms with van der Waals surface area (Å²) in [6, 6.07) is 16.6. The van der Waals surface area contributed by atoms with Crippen molar-refractivity contribution in [2.24, 2.45) is 0 Å². The first-order chi connectivity index (χ1) is 14.2. The minimum absolute atomic E-state index is 0.129. The Kier molecular flexibility index (Phi) is 6.10. The van der Waals surface area contributed by atoms with Crippen LogP contribution in [0.4, 0.5) is 13.2 Å². The van der Waals surface area contributed by atoms with Crippen molar-refractivity contribution >= 4 is 11.6 Å². The molecular formula is C23H20F3NO3. The topological polar surface area (TPSA) is 48.3 Å². The van der Waals surface area contributed by atoms with Gasteiger partial charge in [-0.15, -0.1) is 0 Å². The molecule has 0 N–H and O–H groups in total. The number of carbonyl (C=O) groups is 2. The molecule has 7 heteroatoms. The van der Waals surface area contributed by atoms with Gasteiger partial charge in [0, 0.05) is 28.1 Å². The van der Waals surface area contributed by atoms with Gasteiger partial charge in [0.1, 0.15) is 12.3 Å². The number of alkyl halides is 3. The lowest BCUT2D eigenvalue weighted by Crippen LogP contribution is -2.20. The molecule has 0 unspecified atom stereocenters. The zero-order valence-corrected chi connectivity index (χ0v) is 16.5. The number of carbonyl (C=O) groups excluding carboxylic acids is 2. The number of Topliss-reactive ketones (excluding diaryl/α,β-unsaturated/α-hetero) is 1. The number of benzene rings is 2. The van der Waals surface area contributed by atoms with Crippen LogP contribution in [0.25, 0.3) is 0 Å². The van der Waals surface area contributed by atoms with Crippen molar-refractivity contribution in [1.29, 1.82) is 0 Å². The summed E-state index contributed by atoms with van der Waals surface area (Å²) in [5, 5.41) is 0. The van der Waals surface area contributed by atoms with Crippen molar-refractivity contribution in [3.05, 3.63) is 88.7 Å². The quantitative estimate of drug-likeness (QED) is 0.501. The van der Waals surface area contributed by atoms with E-state index in [-0.39, 0.29) is 23.6 Å². The average molecular weight is 415 g/mol. The fourth-order valence-electron chi connectivity index (χ4n) is 3.19. The second-order valence-corrected chi connectivity index (χ2v) is 6.92. The van der Waals surface area contributed by atoms with E-state index in [9.17, 15) is 22.8 Å². The number of aryl methyl sites for hydroxylation is 1. The summed E-state index contributed by atoms with van der Waals surface area (Å²) in [6.07, 6.45) is -4.37. The summed E-state index contributed by atoms with van der Waals surface area (Å²) in [6.45, 7) is 1.55. The molecule has 30 heavy (non-hydrogen) atoms. The molecule has 0 fully saturated rings. The third-order valence-corrected chi connectivity index (χ3v) is 4.73. The maximum absolute atomic E-state index is 12.7. The zero-order valence-electron chi connectivity index (χ0n) is 16.5. The first-order valence-electron chi connectivity index (χ1n) is 9.25. The lowest BCUT2D eigenvalue weighted by Gasteiger charge is -2.12. The molecule has 0 radical (unpaired) electrons. The van der Waals surface area contributed by atoms with Crippen LogP contribution in [0.15, 0.2) is 60.7 Å². The van der Waals surface area contributed by atoms with Crippen molar-refractivity contribution in [3.63, 3.8) is 0 Å². The van der Waals surface area contributed by atoms with Gasteiger partial charge in [-0.2, -0.15) is 13.2 Å². The molecule has 1 aromatic heterocycles. The van der Waals surface area contributed by atoms with E-state index in [2.05, 4.69) is 0 Å². The molecule has 4 nitrogen and oxygen atoms in total. The minimum atomic E-state index is -4.37. The minimum Gasteiger partial charge on any atom is -0.485 e. The maximum Gasteiger partial charge on any atom is 0.406 e. The van der Waals surface area contributed by atoms with Crippen LogP contribution in [0.5, 0.6) is 5.75 Å². The number of hydrogen-bond donors (Lipinski definition) is 0. The molecule has 0 saturated carbocycles. The predicted octanol–water partition coefficient (Wildman–Crippen LogP) is 5.16. The van der Waals surface area contributed by atoms with Gasteiger partial charge < -0.3 is 9.30 Å². The van der Waals surface area contributed by atoms with Gasteiger partial charge in [0.2, 0.25) is 5.78 Å². The van der Waals surface area contributed by atoms with Crippen LogP contribution in [-0.2, 0) is 6.54 Å². The number of aromatic nitrogens is 1. The summed E-state index contributed by atoms with van der Waals surface area (Å²) >= 11 is 0. The van der Waals surface area contributed by atoms with Crippen LogP contribution < -0.4 is 4.74 Å². The van der Waals surface area contributed by atoms with Crippen LogP contribution in [0, 0.1) is 13.8 Å². The van der Waals surface area contributed by atoms with Gasteiger partial charge in [-0.3, -0.25) is 9.59 Å². The third-order valence-electron chi connectivity index (χ3n) is 4.73. The molecule has 3 aromatic rings. The van der Waals surface area contributed by atoms with Crippen LogP contribution in [0.3, 0.4) is 0 Å². The van der Waals surface area contributed by atoms with Gasteiger partial charge in [0.25, 0.3) is 0 Å². The van der Waals surface area contributed by atoms with E-state index < -0.39 is 18.5 Å². The highest BCUT2D eigenvalue weighted by molar-refractivity contribution is 6.09. The van der Waals surface area contributed by atoms with Gasteiger partial charge in [-0.25, -0.2) is 0 Å². The van der Waals surface area contributed by atoms with E-state index in [1.54, 1.807) is 48.5 Å². The first kappa shape index (κ1) is 21.4. The molecule has 0 spiro atoms. The Labute approximate surface area is 171 Å². The summed E-state index contributed by atoms with van der Waals surface area (Å²) in [5.41, 5.74) is 1.86. The molecule has 0 aliphatic heterocycles. The Bertz CT molecular complexity index is 1050. The lowest BCUT2D eigenvalue weighted by molar-refractivity contribution is -0.141. The van der Waals surface area contributed by atoms with E-state index in [1.165, 1.54) is 19.9 Å². The van der Waals surface area contributed by atoms with Crippen LogP contribution in [0.2, 0.25) is 0 Å². The summed E-state index contributed by atoms with van der Waals surface area (Å²) in [5.74, 6) is -0.159.